The highest BCUT2D eigenvalue weighted by Gasteiger charge is 2.28. The number of rotatable bonds is 5. The minimum absolute atomic E-state index is 0.134. The molecule has 0 radical (unpaired) electrons. The molecular weight excluding hydrogens is 302 g/mol. The van der Waals surface area contributed by atoms with E-state index in [1.165, 1.54) is 51.5 Å². The van der Waals surface area contributed by atoms with Crippen molar-refractivity contribution in [3.8, 4) is 0 Å². The van der Waals surface area contributed by atoms with Crippen molar-refractivity contribution >= 4 is 5.97 Å². The van der Waals surface area contributed by atoms with Crippen LogP contribution in [0.2, 0.25) is 0 Å². The largest absolute Gasteiger partial charge is 0.481 e. The SMILES string of the molecule is Cc1nc(CCC(=O)O)cc([C@@H]2CCCN(C3CCCCC3)C2)n1. The molecule has 5 heteroatoms. The highest BCUT2D eigenvalue weighted by molar-refractivity contribution is 5.66. The first-order chi connectivity index (χ1) is 11.6. The molecule has 0 spiro atoms. The van der Waals surface area contributed by atoms with Crippen LogP contribution in [-0.2, 0) is 11.2 Å². The van der Waals surface area contributed by atoms with Crippen molar-refractivity contribution < 1.29 is 9.90 Å². The van der Waals surface area contributed by atoms with Crippen molar-refractivity contribution in [2.45, 2.75) is 76.7 Å². The summed E-state index contributed by atoms with van der Waals surface area (Å²) in [6, 6.07) is 2.81. The summed E-state index contributed by atoms with van der Waals surface area (Å²) in [4.78, 5) is 22.6. The summed E-state index contributed by atoms with van der Waals surface area (Å²) in [5, 5.41) is 8.89. The Morgan fingerprint density at radius 3 is 2.75 bits per heavy atom. The van der Waals surface area contributed by atoms with Crippen LogP contribution in [0.3, 0.4) is 0 Å². The second-order valence-corrected chi connectivity index (χ2v) is 7.35. The predicted octanol–water partition coefficient (Wildman–Crippen LogP) is 3.31. The molecule has 1 aliphatic carbocycles. The van der Waals surface area contributed by atoms with Crippen molar-refractivity contribution in [3.63, 3.8) is 0 Å². The van der Waals surface area contributed by atoms with Gasteiger partial charge in [0.15, 0.2) is 0 Å². The van der Waals surface area contributed by atoms with Crippen molar-refractivity contribution in [2.75, 3.05) is 13.1 Å². The number of likely N-dealkylation sites (tertiary alicyclic amines) is 1. The zero-order valence-corrected chi connectivity index (χ0v) is 14.7. The molecule has 2 heterocycles. The molecule has 24 heavy (non-hydrogen) atoms. The number of carboxylic acids is 1. The second-order valence-electron chi connectivity index (χ2n) is 7.35. The summed E-state index contributed by atoms with van der Waals surface area (Å²) in [7, 11) is 0. The van der Waals surface area contributed by atoms with E-state index in [4.69, 9.17) is 5.11 Å². The van der Waals surface area contributed by atoms with Crippen LogP contribution in [-0.4, -0.2) is 45.1 Å². The Bertz CT molecular complexity index is 570. The van der Waals surface area contributed by atoms with Crippen LogP contribution in [0, 0.1) is 6.92 Å². The Hall–Kier alpha value is -1.49. The summed E-state index contributed by atoms with van der Waals surface area (Å²) in [5.74, 6) is 0.461. The third-order valence-corrected chi connectivity index (χ3v) is 5.47. The van der Waals surface area contributed by atoms with Gasteiger partial charge >= 0.3 is 5.97 Å². The van der Waals surface area contributed by atoms with Crippen molar-refractivity contribution in [2.24, 2.45) is 0 Å². The molecule has 132 valence electrons. The van der Waals surface area contributed by atoms with E-state index >= 15 is 0 Å². The number of aryl methyl sites for hydroxylation is 2. The van der Waals surface area contributed by atoms with Crippen molar-refractivity contribution in [1.82, 2.24) is 14.9 Å². The second kappa shape index (κ2) is 8.06. The normalized spacial score (nSPS) is 23.3. The predicted molar refractivity (Wildman–Crippen MR) is 93.1 cm³/mol. The summed E-state index contributed by atoms with van der Waals surface area (Å²) in [5.41, 5.74) is 1.98. The lowest BCUT2D eigenvalue weighted by Crippen LogP contribution is -2.43. The van der Waals surface area contributed by atoms with E-state index in [1.54, 1.807) is 0 Å². The Morgan fingerprint density at radius 1 is 1.21 bits per heavy atom. The van der Waals surface area contributed by atoms with Crippen LogP contribution in [0.5, 0.6) is 0 Å². The zero-order chi connectivity index (χ0) is 16.9. The smallest absolute Gasteiger partial charge is 0.303 e. The third-order valence-electron chi connectivity index (χ3n) is 5.47. The first-order valence-electron chi connectivity index (χ1n) is 9.42. The van der Waals surface area contributed by atoms with E-state index < -0.39 is 5.97 Å². The Labute approximate surface area is 144 Å². The third kappa shape index (κ3) is 4.53. The van der Waals surface area contributed by atoms with E-state index in [0.717, 1.165) is 29.8 Å². The topological polar surface area (TPSA) is 66.3 Å². The fourth-order valence-corrected chi connectivity index (χ4v) is 4.25. The zero-order valence-electron chi connectivity index (χ0n) is 14.7. The molecule has 1 atom stereocenters. The lowest BCUT2D eigenvalue weighted by molar-refractivity contribution is -0.136. The van der Waals surface area contributed by atoms with Gasteiger partial charge in [-0.2, -0.15) is 0 Å². The molecular formula is C19H29N3O2. The fraction of sp³-hybridized carbons (Fsp3) is 0.737. The molecule has 0 amide bonds. The molecule has 0 aromatic carbocycles. The van der Waals surface area contributed by atoms with Gasteiger partial charge in [0.2, 0.25) is 0 Å². The Morgan fingerprint density at radius 2 is 2.00 bits per heavy atom. The Kier molecular flexibility index (Phi) is 5.82. The summed E-state index contributed by atoms with van der Waals surface area (Å²) in [6.07, 6.45) is 9.87. The first-order valence-corrected chi connectivity index (χ1v) is 9.42. The van der Waals surface area contributed by atoms with E-state index in [-0.39, 0.29) is 6.42 Å². The molecule has 1 saturated carbocycles. The molecule has 2 fully saturated rings. The van der Waals surface area contributed by atoms with Crippen LogP contribution < -0.4 is 0 Å². The highest BCUT2D eigenvalue weighted by atomic mass is 16.4. The van der Waals surface area contributed by atoms with Gasteiger partial charge in [0, 0.05) is 36.3 Å². The molecule has 2 aliphatic rings. The van der Waals surface area contributed by atoms with Gasteiger partial charge in [-0.05, 0) is 45.2 Å². The lowest BCUT2D eigenvalue weighted by Gasteiger charge is -2.40. The number of aromatic nitrogens is 2. The summed E-state index contributed by atoms with van der Waals surface area (Å²) in [6.45, 7) is 4.23. The standard InChI is InChI=1S/C19H29N3O2/c1-14-20-16(9-10-19(23)24)12-18(21-14)15-6-5-11-22(13-15)17-7-3-2-4-8-17/h12,15,17H,2-11,13H2,1H3,(H,23,24)/t15-/m1/s1. The molecule has 1 aromatic heterocycles. The van der Waals surface area contributed by atoms with E-state index in [9.17, 15) is 4.79 Å². The minimum Gasteiger partial charge on any atom is -0.481 e. The summed E-state index contributed by atoms with van der Waals surface area (Å²) < 4.78 is 0. The van der Waals surface area contributed by atoms with Gasteiger partial charge in [0.25, 0.3) is 0 Å². The molecule has 1 N–H and O–H groups in total. The van der Waals surface area contributed by atoms with E-state index in [1.807, 2.05) is 13.0 Å². The van der Waals surface area contributed by atoms with Crippen LogP contribution in [0.25, 0.3) is 0 Å². The maximum Gasteiger partial charge on any atom is 0.303 e. The van der Waals surface area contributed by atoms with Crippen LogP contribution in [0.1, 0.15) is 74.5 Å². The van der Waals surface area contributed by atoms with Crippen molar-refractivity contribution in [3.05, 3.63) is 23.3 Å². The number of carboxylic acid groups (broad SMARTS) is 1. The molecule has 0 bridgehead atoms. The molecule has 1 aliphatic heterocycles. The van der Waals surface area contributed by atoms with Crippen molar-refractivity contribution in [1.29, 1.82) is 0 Å². The number of aliphatic carboxylic acids is 1. The average Bonchev–Trinajstić information content (AvgIpc) is 2.60. The van der Waals surface area contributed by atoms with Crippen LogP contribution in [0.15, 0.2) is 6.07 Å². The quantitative estimate of drug-likeness (QED) is 0.896. The maximum absolute atomic E-state index is 10.8. The minimum atomic E-state index is -0.769. The van der Waals surface area contributed by atoms with Gasteiger partial charge in [-0.25, -0.2) is 9.97 Å². The van der Waals surface area contributed by atoms with Gasteiger partial charge in [-0.1, -0.05) is 19.3 Å². The van der Waals surface area contributed by atoms with Gasteiger partial charge in [-0.15, -0.1) is 0 Å². The van der Waals surface area contributed by atoms with E-state index in [2.05, 4.69) is 14.9 Å². The van der Waals surface area contributed by atoms with Gasteiger partial charge in [0.05, 0.1) is 6.42 Å². The first kappa shape index (κ1) is 17.3. The number of nitrogens with zero attached hydrogens (tertiary/aromatic N) is 3. The monoisotopic (exact) mass is 331 g/mol. The molecule has 1 saturated heterocycles. The van der Waals surface area contributed by atoms with Gasteiger partial charge < -0.3 is 5.11 Å². The van der Waals surface area contributed by atoms with Gasteiger partial charge in [0.1, 0.15) is 5.82 Å². The fourth-order valence-electron chi connectivity index (χ4n) is 4.25. The Balaban J connectivity index is 1.69. The maximum atomic E-state index is 10.8. The number of piperidine rings is 1. The van der Waals surface area contributed by atoms with E-state index in [0.29, 0.717) is 12.3 Å². The molecule has 5 nitrogen and oxygen atoms in total. The number of hydrogen-bond donors (Lipinski definition) is 1. The average molecular weight is 331 g/mol. The van der Waals surface area contributed by atoms with Gasteiger partial charge in [-0.3, -0.25) is 9.69 Å². The molecule has 0 unspecified atom stereocenters. The van der Waals surface area contributed by atoms with Crippen LogP contribution in [0.4, 0.5) is 0 Å². The lowest BCUT2D eigenvalue weighted by atomic mass is 9.88. The highest BCUT2D eigenvalue weighted by Crippen LogP contribution is 2.31. The molecule has 1 aromatic rings. The number of hydrogen-bond acceptors (Lipinski definition) is 4. The summed E-state index contributed by atoms with van der Waals surface area (Å²) >= 11 is 0. The van der Waals surface area contributed by atoms with Crippen LogP contribution >= 0.6 is 0 Å². The molecule has 3 rings (SSSR count). The number of carbonyl (C=O) groups is 1.